The number of carbonyl (C=O) groups excluding carboxylic acids is 1. The van der Waals surface area contributed by atoms with Crippen LogP contribution in [0.5, 0.6) is 11.5 Å². The van der Waals surface area contributed by atoms with E-state index in [-0.39, 0.29) is 17.9 Å². The molecule has 0 spiro atoms. The standard InChI is InChI=1S/C17H16O5/c1-2-12-6-8-14(9-7-12)21-11-16(18)22-15-5-3-4-13(10-15)17(19)20/h3-10H,2,11H2,1H3,(H,19,20). The second-order valence-corrected chi connectivity index (χ2v) is 4.59. The summed E-state index contributed by atoms with van der Waals surface area (Å²) in [6.45, 7) is 1.81. The van der Waals surface area contributed by atoms with Crippen LogP contribution in [0.4, 0.5) is 0 Å². The highest BCUT2D eigenvalue weighted by Crippen LogP contribution is 2.15. The zero-order chi connectivity index (χ0) is 15.9. The Kier molecular flexibility index (Phi) is 5.14. The molecule has 0 unspecified atom stereocenters. The molecule has 0 saturated carbocycles. The van der Waals surface area contributed by atoms with Gasteiger partial charge in [-0.1, -0.05) is 25.1 Å². The number of rotatable bonds is 6. The van der Waals surface area contributed by atoms with Crippen molar-refractivity contribution in [3.8, 4) is 11.5 Å². The number of aryl methyl sites for hydroxylation is 1. The molecule has 0 aliphatic carbocycles. The van der Waals surface area contributed by atoms with Gasteiger partial charge in [0.25, 0.3) is 0 Å². The van der Waals surface area contributed by atoms with E-state index in [0.717, 1.165) is 6.42 Å². The first-order valence-corrected chi connectivity index (χ1v) is 6.84. The Bertz CT molecular complexity index is 661. The van der Waals surface area contributed by atoms with Crippen molar-refractivity contribution in [2.75, 3.05) is 6.61 Å². The normalized spacial score (nSPS) is 10.0. The molecule has 5 heteroatoms. The van der Waals surface area contributed by atoms with Gasteiger partial charge in [0.15, 0.2) is 6.61 Å². The van der Waals surface area contributed by atoms with E-state index in [0.29, 0.717) is 5.75 Å². The van der Waals surface area contributed by atoms with Crippen LogP contribution < -0.4 is 9.47 Å². The highest BCUT2D eigenvalue weighted by molar-refractivity contribution is 5.88. The quantitative estimate of drug-likeness (QED) is 0.656. The summed E-state index contributed by atoms with van der Waals surface area (Å²) >= 11 is 0. The lowest BCUT2D eigenvalue weighted by molar-refractivity contribution is -0.136. The summed E-state index contributed by atoms with van der Waals surface area (Å²) in [5.74, 6) is -0.921. The van der Waals surface area contributed by atoms with Gasteiger partial charge in [0, 0.05) is 0 Å². The summed E-state index contributed by atoms with van der Waals surface area (Å²) in [5, 5.41) is 8.87. The first kappa shape index (κ1) is 15.6. The zero-order valence-corrected chi connectivity index (χ0v) is 12.1. The molecule has 0 amide bonds. The molecule has 22 heavy (non-hydrogen) atoms. The van der Waals surface area contributed by atoms with E-state index in [1.54, 1.807) is 12.1 Å². The minimum Gasteiger partial charge on any atom is -0.482 e. The average Bonchev–Trinajstić information content (AvgIpc) is 2.53. The fourth-order valence-corrected chi connectivity index (χ4v) is 1.82. The van der Waals surface area contributed by atoms with Crippen molar-refractivity contribution < 1.29 is 24.2 Å². The van der Waals surface area contributed by atoms with Gasteiger partial charge in [-0.25, -0.2) is 9.59 Å². The molecule has 0 bridgehead atoms. The third-order valence-corrected chi connectivity index (χ3v) is 3.00. The summed E-state index contributed by atoms with van der Waals surface area (Å²) in [4.78, 5) is 22.5. The summed E-state index contributed by atoms with van der Waals surface area (Å²) in [6, 6.07) is 13.2. The third-order valence-electron chi connectivity index (χ3n) is 3.00. The lowest BCUT2D eigenvalue weighted by Crippen LogP contribution is -2.17. The number of hydrogen-bond donors (Lipinski definition) is 1. The molecular formula is C17H16O5. The predicted molar refractivity (Wildman–Crippen MR) is 80.4 cm³/mol. The Morgan fingerprint density at radius 1 is 1.05 bits per heavy atom. The molecule has 114 valence electrons. The third kappa shape index (κ3) is 4.34. The molecule has 0 atom stereocenters. The van der Waals surface area contributed by atoms with E-state index in [4.69, 9.17) is 14.6 Å². The van der Waals surface area contributed by atoms with Crippen LogP contribution in [0.1, 0.15) is 22.8 Å². The van der Waals surface area contributed by atoms with Crippen LogP contribution in [-0.4, -0.2) is 23.7 Å². The Labute approximate surface area is 128 Å². The maximum absolute atomic E-state index is 11.7. The van der Waals surface area contributed by atoms with E-state index in [1.807, 2.05) is 12.1 Å². The smallest absolute Gasteiger partial charge is 0.349 e. The van der Waals surface area contributed by atoms with Crippen molar-refractivity contribution in [3.63, 3.8) is 0 Å². The van der Waals surface area contributed by atoms with E-state index < -0.39 is 11.9 Å². The highest BCUT2D eigenvalue weighted by atomic mass is 16.6. The minimum atomic E-state index is -1.08. The number of ether oxygens (including phenoxy) is 2. The number of esters is 1. The van der Waals surface area contributed by atoms with Crippen LogP contribution in [0.25, 0.3) is 0 Å². The minimum absolute atomic E-state index is 0.0568. The first-order chi connectivity index (χ1) is 10.6. The number of carbonyl (C=O) groups is 2. The highest BCUT2D eigenvalue weighted by Gasteiger charge is 2.09. The Morgan fingerprint density at radius 2 is 1.77 bits per heavy atom. The Hall–Kier alpha value is -2.82. The van der Waals surface area contributed by atoms with Crippen LogP contribution in [0.2, 0.25) is 0 Å². The van der Waals surface area contributed by atoms with Crippen molar-refractivity contribution in [1.29, 1.82) is 0 Å². The van der Waals surface area contributed by atoms with Gasteiger partial charge in [0.1, 0.15) is 11.5 Å². The van der Waals surface area contributed by atoms with Crippen LogP contribution in [0, 0.1) is 0 Å². The lowest BCUT2D eigenvalue weighted by Gasteiger charge is -2.07. The molecule has 2 rings (SSSR count). The number of aromatic carboxylic acids is 1. The molecule has 1 N–H and O–H groups in total. The fraction of sp³-hybridized carbons (Fsp3) is 0.176. The first-order valence-electron chi connectivity index (χ1n) is 6.84. The van der Waals surface area contributed by atoms with Crippen molar-refractivity contribution in [3.05, 3.63) is 59.7 Å². The lowest BCUT2D eigenvalue weighted by atomic mass is 10.2. The van der Waals surface area contributed by atoms with Gasteiger partial charge in [-0.2, -0.15) is 0 Å². The summed E-state index contributed by atoms with van der Waals surface area (Å²) in [5.41, 5.74) is 1.24. The summed E-state index contributed by atoms with van der Waals surface area (Å²) in [6.07, 6.45) is 0.933. The van der Waals surface area contributed by atoms with Gasteiger partial charge < -0.3 is 14.6 Å². The molecule has 2 aromatic rings. The summed E-state index contributed by atoms with van der Waals surface area (Å²) < 4.78 is 10.4. The van der Waals surface area contributed by atoms with Gasteiger partial charge in [-0.15, -0.1) is 0 Å². The van der Waals surface area contributed by atoms with Crippen molar-refractivity contribution in [1.82, 2.24) is 0 Å². The second-order valence-electron chi connectivity index (χ2n) is 4.59. The topological polar surface area (TPSA) is 72.8 Å². The predicted octanol–water partition coefficient (Wildman–Crippen LogP) is 2.93. The van der Waals surface area contributed by atoms with Crippen LogP contribution in [-0.2, 0) is 11.2 Å². The molecule has 0 radical (unpaired) electrons. The largest absolute Gasteiger partial charge is 0.482 e. The van der Waals surface area contributed by atoms with E-state index >= 15 is 0 Å². The van der Waals surface area contributed by atoms with E-state index in [9.17, 15) is 9.59 Å². The number of carboxylic acids is 1. The molecule has 0 aromatic heterocycles. The monoisotopic (exact) mass is 300 g/mol. The van der Waals surface area contributed by atoms with Crippen molar-refractivity contribution in [2.45, 2.75) is 13.3 Å². The van der Waals surface area contributed by atoms with Gasteiger partial charge in [-0.05, 0) is 42.3 Å². The van der Waals surface area contributed by atoms with Crippen LogP contribution in [0.3, 0.4) is 0 Å². The van der Waals surface area contributed by atoms with E-state index in [1.165, 1.54) is 29.8 Å². The molecule has 5 nitrogen and oxygen atoms in total. The molecule has 0 fully saturated rings. The number of benzene rings is 2. The van der Waals surface area contributed by atoms with Gasteiger partial charge in [0.2, 0.25) is 0 Å². The maximum atomic E-state index is 11.7. The molecule has 0 aliphatic heterocycles. The fourth-order valence-electron chi connectivity index (χ4n) is 1.82. The second kappa shape index (κ2) is 7.26. The Balaban J connectivity index is 1.89. The van der Waals surface area contributed by atoms with Gasteiger partial charge in [-0.3, -0.25) is 0 Å². The van der Waals surface area contributed by atoms with E-state index in [2.05, 4.69) is 6.92 Å². The van der Waals surface area contributed by atoms with Crippen LogP contribution >= 0.6 is 0 Å². The molecule has 0 aliphatic rings. The molecular weight excluding hydrogens is 284 g/mol. The maximum Gasteiger partial charge on any atom is 0.349 e. The Morgan fingerprint density at radius 3 is 2.41 bits per heavy atom. The van der Waals surface area contributed by atoms with Gasteiger partial charge >= 0.3 is 11.9 Å². The van der Waals surface area contributed by atoms with Crippen molar-refractivity contribution >= 4 is 11.9 Å². The van der Waals surface area contributed by atoms with Crippen LogP contribution in [0.15, 0.2) is 48.5 Å². The van der Waals surface area contributed by atoms with Gasteiger partial charge in [0.05, 0.1) is 5.56 Å². The average molecular weight is 300 g/mol. The van der Waals surface area contributed by atoms with Crippen molar-refractivity contribution in [2.24, 2.45) is 0 Å². The molecule has 0 heterocycles. The SMILES string of the molecule is CCc1ccc(OCC(=O)Oc2cccc(C(=O)O)c2)cc1. The molecule has 2 aromatic carbocycles. The zero-order valence-electron chi connectivity index (χ0n) is 12.1. The number of hydrogen-bond acceptors (Lipinski definition) is 4. The molecule has 0 saturated heterocycles. The number of carboxylic acid groups (broad SMARTS) is 1. The summed E-state index contributed by atoms with van der Waals surface area (Å²) in [7, 11) is 0.